The summed E-state index contributed by atoms with van der Waals surface area (Å²) in [7, 11) is 0. The normalized spacial score (nSPS) is 16.2. The smallest absolute Gasteiger partial charge is 0.184 e. The Balaban J connectivity index is 2.26. The van der Waals surface area contributed by atoms with Crippen LogP contribution in [0, 0.1) is 5.82 Å². The largest absolute Gasteiger partial charge is 0.486 e. The van der Waals surface area contributed by atoms with Gasteiger partial charge in [0.2, 0.25) is 0 Å². The number of hydrogen-bond acceptors (Lipinski definition) is 2. The van der Waals surface area contributed by atoms with Crippen LogP contribution in [0.15, 0.2) is 16.9 Å². The molecule has 0 aromatic carbocycles. The van der Waals surface area contributed by atoms with Crippen LogP contribution in [-0.4, -0.2) is 11.1 Å². The Morgan fingerprint density at radius 2 is 2.25 bits per heavy atom. The Morgan fingerprint density at radius 1 is 1.50 bits per heavy atom. The van der Waals surface area contributed by atoms with Crippen LogP contribution in [0.25, 0.3) is 0 Å². The molecular formula is C8H7BrFNO. The van der Waals surface area contributed by atoms with Crippen molar-refractivity contribution >= 4 is 15.9 Å². The molecule has 0 N–H and O–H groups in total. The van der Waals surface area contributed by atoms with Gasteiger partial charge in [0.15, 0.2) is 11.6 Å². The lowest BCUT2D eigenvalue weighted by atomic mass is 10.4. The molecule has 64 valence electrons. The highest BCUT2D eigenvalue weighted by Crippen LogP contribution is 2.33. The SMILES string of the molecule is Fc1cncc(Br)c1OC1CC1. The van der Waals surface area contributed by atoms with E-state index in [1.807, 2.05) is 0 Å². The summed E-state index contributed by atoms with van der Waals surface area (Å²) < 4.78 is 18.9. The zero-order valence-corrected chi connectivity index (χ0v) is 7.84. The Hall–Kier alpha value is -0.640. The van der Waals surface area contributed by atoms with E-state index < -0.39 is 5.82 Å². The Labute approximate surface area is 77.9 Å². The lowest BCUT2D eigenvalue weighted by Gasteiger charge is -2.06. The van der Waals surface area contributed by atoms with E-state index in [4.69, 9.17) is 4.74 Å². The molecule has 1 saturated carbocycles. The highest BCUT2D eigenvalue weighted by molar-refractivity contribution is 9.10. The van der Waals surface area contributed by atoms with Gasteiger partial charge in [-0.2, -0.15) is 0 Å². The van der Waals surface area contributed by atoms with Crippen LogP contribution >= 0.6 is 15.9 Å². The lowest BCUT2D eigenvalue weighted by Crippen LogP contribution is -1.99. The number of pyridine rings is 1. The predicted molar refractivity (Wildman–Crippen MR) is 45.5 cm³/mol. The molecule has 0 unspecified atom stereocenters. The maximum absolute atomic E-state index is 13.0. The van der Waals surface area contributed by atoms with Crippen molar-refractivity contribution in [2.24, 2.45) is 0 Å². The second kappa shape index (κ2) is 3.01. The molecule has 0 radical (unpaired) electrons. The van der Waals surface area contributed by atoms with E-state index in [2.05, 4.69) is 20.9 Å². The van der Waals surface area contributed by atoms with Gasteiger partial charge >= 0.3 is 0 Å². The van der Waals surface area contributed by atoms with Crippen molar-refractivity contribution in [2.75, 3.05) is 0 Å². The Bertz CT molecular complexity index is 281. The third-order valence-corrected chi connectivity index (χ3v) is 2.18. The van der Waals surface area contributed by atoms with Gasteiger partial charge in [0.1, 0.15) is 0 Å². The molecule has 1 fully saturated rings. The average Bonchev–Trinajstić information content (AvgIpc) is 2.80. The summed E-state index contributed by atoms with van der Waals surface area (Å²) >= 11 is 3.18. The van der Waals surface area contributed by atoms with Gasteiger partial charge in [0, 0.05) is 6.20 Å². The quantitative estimate of drug-likeness (QED) is 0.781. The minimum Gasteiger partial charge on any atom is -0.486 e. The van der Waals surface area contributed by atoms with E-state index in [0.29, 0.717) is 4.47 Å². The van der Waals surface area contributed by atoms with E-state index >= 15 is 0 Å². The van der Waals surface area contributed by atoms with Crippen LogP contribution in [0.2, 0.25) is 0 Å². The standard InChI is InChI=1S/C8H7BrFNO/c9-6-3-11-4-7(10)8(6)12-5-1-2-5/h3-5H,1-2H2. The Morgan fingerprint density at radius 3 is 2.83 bits per heavy atom. The number of ether oxygens (including phenoxy) is 1. The topological polar surface area (TPSA) is 22.1 Å². The zero-order chi connectivity index (χ0) is 8.55. The summed E-state index contributed by atoms with van der Waals surface area (Å²) in [5, 5.41) is 0. The highest BCUT2D eigenvalue weighted by Gasteiger charge is 2.25. The number of halogens is 2. The van der Waals surface area contributed by atoms with Crippen molar-refractivity contribution in [3.05, 3.63) is 22.7 Å². The molecule has 1 aromatic rings. The van der Waals surface area contributed by atoms with Gasteiger partial charge in [0.25, 0.3) is 0 Å². The summed E-state index contributed by atoms with van der Waals surface area (Å²) in [6.45, 7) is 0. The van der Waals surface area contributed by atoms with Gasteiger partial charge in [-0.3, -0.25) is 4.98 Å². The molecule has 0 amide bonds. The first-order valence-electron chi connectivity index (χ1n) is 3.73. The third kappa shape index (κ3) is 1.58. The van der Waals surface area contributed by atoms with Crippen molar-refractivity contribution < 1.29 is 9.13 Å². The van der Waals surface area contributed by atoms with Crippen LogP contribution in [0.3, 0.4) is 0 Å². The number of rotatable bonds is 2. The zero-order valence-electron chi connectivity index (χ0n) is 6.26. The minimum atomic E-state index is -0.406. The molecule has 0 spiro atoms. The maximum atomic E-state index is 13.0. The first kappa shape index (κ1) is 7.98. The van der Waals surface area contributed by atoms with Crippen molar-refractivity contribution in [3.8, 4) is 5.75 Å². The Kier molecular flexibility index (Phi) is 2.00. The molecule has 1 aliphatic carbocycles. The van der Waals surface area contributed by atoms with Crippen molar-refractivity contribution in [2.45, 2.75) is 18.9 Å². The van der Waals surface area contributed by atoms with Crippen LogP contribution in [-0.2, 0) is 0 Å². The number of nitrogens with zero attached hydrogens (tertiary/aromatic N) is 1. The fourth-order valence-electron chi connectivity index (χ4n) is 0.865. The number of hydrogen-bond donors (Lipinski definition) is 0. The molecular weight excluding hydrogens is 225 g/mol. The van der Waals surface area contributed by atoms with Crippen LogP contribution in [0.5, 0.6) is 5.75 Å². The van der Waals surface area contributed by atoms with Gasteiger partial charge in [-0.05, 0) is 28.8 Å². The maximum Gasteiger partial charge on any atom is 0.184 e. The summed E-state index contributed by atoms with van der Waals surface area (Å²) in [5.41, 5.74) is 0. The summed E-state index contributed by atoms with van der Waals surface area (Å²) in [6, 6.07) is 0. The van der Waals surface area contributed by atoms with Crippen molar-refractivity contribution in [1.82, 2.24) is 4.98 Å². The van der Waals surface area contributed by atoms with Crippen molar-refractivity contribution in [3.63, 3.8) is 0 Å². The monoisotopic (exact) mass is 231 g/mol. The summed E-state index contributed by atoms with van der Waals surface area (Å²) in [5.74, 6) is -0.122. The van der Waals surface area contributed by atoms with E-state index in [-0.39, 0.29) is 11.9 Å². The molecule has 0 bridgehead atoms. The first-order chi connectivity index (χ1) is 5.77. The van der Waals surface area contributed by atoms with Crippen LogP contribution in [0.1, 0.15) is 12.8 Å². The molecule has 1 heterocycles. The van der Waals surface area contributed by atoms with Gasteiger partial charge in [-0.1, -0.05) is 0 Å². The van der Waals surface area contributed by atoms with Gasteiger partial charge < -0.3 is 4.74 Å². The van der Waals surface area contributed by atoms with Gasteiger partial charge in [0.05, 0.1) is 16.8 Å². The fourth-order valence-corrected chi connectivity index (χ4v) is 1.27. The molecule has 0 aliphatic heterocycles. The molecule has 1 aliphatic rings. The molecule has 1 aromatic heterocycles. The molecule has 12 heavy (non-hydrogen) atoms. The molecule has 0 saturated heterocycles. The van der Waals surface area contributed by atoms with Crippen molar-refractivity contribution in [1.29, 1.82) is 0 Å². The molecule has 0 atom stereocenters. The van der Waals surface area contributed by atoms with E-state index in [1.54, 1.807) is 0 Å². The predicted octanol–water partition coefficient (Wildman–Crippen LogP) is 2.52. The van der Waals surface area contributed by atoms with Gasteiger partial charge in [-0.15, -0.1) is 0 Å². The van der Waals surface area contributed by atoms with Gasteiger partial charge in [-0.25, -0.2) is 4.39 Å². The third-order valence-electron chi connectivity index (χ3n) is 1.62. The lowest BCUT2D eigenvalue weighted by molar-refractivity contribution is 0.284. The summed E-state index contributed by atoms with van der Waals surface area (Å²) in [6.07, 6.45) is 4.93. The average molecular weight is 232 g/mol. The second-order valence-corrected chi connectivity index (χ2v) is 3.60. The molecule has 2 nitrogen and oxygen atoms in total. The molecule has 4 heteroatoms. The minimum absolute atomic E-state index is 0.207. The fraction of sp³-hybridized carbons (Fsp3) is 0.375. The number of aromatic nitrogens is 1. The highest BCUT2D eigenvalue weighted by atomic mass is 79.9. The van der Waals surface area contributed by atoms with Crippen LogP contribution < -0.4 is 4.74 Å². The summed E-state index contributed by atoms with van der Waals surface area (Å²) in [4.78, 5) is 3.67. The van der Waals surface area contributed by atoms with Crippen LogP contribution in [0.4, 0.5) is 4.39 Å². The first-order valence-corrected chi connectivity index (χ1v) is 4.52. The molecule has 2 rings (SSSR count). The van der Waals surface area contributed by atoms with E-state index in [9.17, 15) is 4.39 Å². The second-order valence-electron chi connectivity index (χ2n) is 2.75. The van der Waals surface area contributed by atoms with E-state index in [0.717, 1.165) is 19.0 Å². The van der Waals surface area contributed by atoms with E-state index in [1.165, 1.54) is 6.20 Å².